The molecule has 0 aliphatic heterocycles. The molecule has 3 N–H and O–H groups in total. The van der Waals surface area contributed by atoms with Crippen LogP contribution in [0.1, 0.15) is 27.7 Å². The first kappa shape index (κ1) is 16.8. The van der Waals surface area contributed by atoms with Gasteiger partial charge in [-0.05, 0) is 39.8 Å². The van der Waals surface area contributed by atoms with Gasteiger partial charge in [-0.25, -0.2) is 4.79 Å². The van der Waals surface area contributed by atoms with Crippen LogP contribution in [-0.4, -0.2) is 30.6 Å². The Bertz CT molecular complexity index is 489. The number of hydrogen-bond donors (Lipinski definition) is 3. The van der Waals surface area contributed by atoms with Crippen LogP contribution in [-0.2, 0) is 4.79 Å². The molecule has 0 aromatic heterocycles. The molecule has 0 aliphatic rings. The summed E-state index contributed by atoms with van der Waals surface area (Å²) in [6.07, 6.45) is 0. The molecule has 0 heterocycles. The molecule has 3 amide bonds. The van der Waals surface area contributed by atoms with E-state index in [9.17, 15) is 9.59 Å². The molecule has 21 heavy (non-hydrogen) atoms. The first-order chi connectivity index (χ1) is 9.93. The van der Waals surface area contributed by atoms with Crippen molar-refractivity contribution < 1.29 is 14.3 Å². The predicted octanol–water partition coefficient (Wildman–Crippen LogP) is 2.12. The molecule has 0 saturated heterocycles. The van der Waals surface area contributed by atoms with Crippen LogP contribution < -0.4 is 20.7 Å². The van der Waals surface area contributed by atoms with E-state index in [2.05, 4.69) is 16.0 Å². The van der Waals surface area contributed by atoms with Gasteiger partial charge in [0, 0.05) is 6.04 Å². The number of urea groups is 1. The number of rotatable bonds is 6. The normalized spacial score (nSPS) is 11.7. The highest BCUT2D eigenvalue weighted by atomic mass is 16.5. The van der Waals surface area contributed by atoms with Gasteiger partial charge in [0.1, 0.15) is 11.8 Å². The van der Waals surface area contributed by atoms with Gasteiger partial charge in [-0.1, -0.05) is 12.1 Å². The fraction of sp³-hybridized carbons (Fsp3) is 0.467. The highest BCUT2D eigenvalue weighted by Crippen LogP contribution is 2.24. The molecular weight excluding hydrogens is 270 g/mol. The monoisotopic (exact) mass is 293 g/mol. The molecule has 116 valence electrons. The number of hydrogen-bond acceptors (Lipinski definition) is 4. The smallest absolute Gasteiger partial charge is 0.321 e. The Labute approximate surface area is 125 Å². The van der Waals surface area contributed by atoms with Crippen LogP contribution in [0, 0.1) is 0 Å². The highest BCUT2D eigenvalue weighted by molar-refractivity contribution is 5.98. The van der Waals surface area contributed by atoms with Crippen molar-refractivity contribution in [1.29, 1.82) is 0 Å². The second-order valence-corrected chi connectivity index (χ2v) is 4.91. The van der Waals surface area contributed by atoms with E-state index in [-0.39, 0.29) is 6.04 Å². The Hall–Kier alpha value is -2.24. The fourth-order valence-electron chi connectivity index (χ4n) is 1.68. The Balaban J connectivity index is 2.62. The first-order valence-corrected chi connectivity index (χ1v) is 7.03. The van der Waals surface area contributed by atoms with Gasteiger partial charge in [0.05, 0.1) is 12.3 Å². The summed E-state index contributed by atoms with van der Waals surface area (Å²) in [7, 11) is 0. The second-order valence-electron chi connectivity index (χ2n) is 4.91. The Morgan fingerprint density at radius 1 is 1.19 bits per heavy atom. The van der Waals surface area contributed by atoms with Crippen molar-refractivity contribution in [3.63, 3.8) is 0 Å². The SMILES string of the molecule is CCOc1ccccc1NC(C)C(=O)NC(=O)NC(C)C. The molecule has 6 nitrogen and oxygen atoms in total. The van der Waals surface area contributed by atoms with Crippen molar-refractivity contribution in [2.75, 3.05) is 11.9 Å². The van der Waals surface area contributed by atoms with E-state index in [0.29, 0.717) is 18.0 Å². The van der Waals surface area contributed by atoms with E-state index in [1.165, 1.54) is 0 Å². The minimum absolute atomic E-state index is 0.0280. The molecule has 0 radical (unpaired) electrons. The minimum Gasteiger partial charge on any atom is -0.492 e. The zero-order chi connectivity index (χ0) is 15.8. The summed E-state index contributed by atoms with van der Waals surface area (Å²) in [4.78, 5) is 23.4. The number of para-hydroxylation sites is 2. The van der Waals surface area contributed by atoms with Crippen molar-refractivity contribution in [3.8, 4) is 5.75 Å². The van der Waals surface area contributed by atoms with Crippen LogP contribution in [0.25, 0.3) is 0 Å². The van der Waals surface area contributed by atoms with Gasteiger partial charge in [-0.3, -0.25) is 10.1 Å². The molecule has 0 bridgehead atoms. The number of nitrogens with one attached hydrogen (secondary N) is 3. The molecule has 1 unspecified atom stereocenters. The first-order valence-electron chi connectivity index (χ1n) is 7.03. The summed E-state index contributed by atoms with van der Waals surface area (Å²) in [5.41, 5.74) is 0.714. The zero-order valence-corrected chi connectivity index (χ0v) is 12.9. The van der Waals surface area contributed by atoms with Gasteiger partial charge in [-0.15, -0.1) is 0 Å². The predicted molar refractivity (Wildman–Crippen MR) is 82.5 cm³/mol. The lowest BCUT2D eigenvalue weighted by Gasteiger charge is -2.18. The lowest BCUT2D eigenvalue weighted by Crippen LogP contribution is -2.47. The van der Waals surface area contributed by atoms with E-state index in [1.54, 1.807) is 6.92 Å². The largest absolute Gasteiger partial charge is 0.492 e. The van der Waals surface area contributed by atoms with Crippen LogP contribution in [0.5, 0.6) is 5.75 Å². The third-order valence-corrected chi connectivity index (χ3v) is 2.61. The lowest BCUT2D eigenvalue weighted by molar-refractivity contribution is -0.120. The summed E-state index contributed by atoms with van der Waals surface area (Å²) in [6, 6.07) is 6.26. The van der Waals surface area contributed by atoms with Gasteiger partial charge in [0.25, 0.3) is 0 Å². The second kappa shape index (κ2) is 8.14. The Morgan fingerprint density at radius 3 is 2.48 bits per heavy atom. The molecule has 1 atom stereocenters. The maximum absolute atomic E-state index is 11.9. The number of amides is 3. The van der Waals surface area contributed by atoms with E-state index >= 15 is 0 Å². The number of anilines is 1. The summed E-state index contributed by atoms with van der Waals surface area (Å²) in [5, 5.41) is 7.93. The summed E-state index contributed by atoms with van der Waals surface area (Å²) >= 11 is 0. The van der Waals surface area contributed by atoms with Crippen molar-refractivity contribution in [3.05, 3.63) is 24.3 Å². The van der Waals surface area contributed by atoms with Crippen LogP contribution >= 0.6 is 0 Å². The summed E-state index contributed by atoms with van der Waals surface area (Å²) in [6.45, 7) is 7.76. The molecule has 1 aromatic carbocycles. The van der Waals surface area contributed by atoms with E-state index in [4.69, 9.17) is 4.74 Å². The van der Waals surface area contributed by atoms with Gasteiger partial charge in [-0.2, -0.15) is 0 Å². The van der Waals surface area contributed by atoms with Gasteiger partial charge in [0.2, 0.25) is 5.91 Å². The number of carbonyl (C=O) groups excluding carboxylic acids is 2. The molecular formula is C15H23N3O3. The molecule has 0 aliphatic carbocycles. The molecule has 1 aromatic rings. The maximum Gasteiger partial charge on any atom is 0.321 e. The summed E-state index contributed by atoms with van der Waals surface area (Å²) in [5.74, 6) is 0.269. The van der Waals surface area contributed by atoms with Gasteiger partial charge in [0.15, 0.2) is 0 Å². The lowest BCUT2D eigenvalue weighted by atomic mass is 10.2. The molecule has 6 heteroatoms. The van der Waals surface area contributed by atoms with Crippen LogP contribution in [0.3, 0.4) is 0 Å². The highest BCUT2D eigenvalue weighted by Gasteiger charge is 2.17. The topological polar surface area (TPSA) is 79.5 Å². The van der Waals surface area contributed by atoms with E-state index in [1.807, 2.05) is 45.0 Å². The third-order valence-electron chi connectivity index (χ3n) is 2.61. The number of benzene rings is 1. The average Bonchev–Trinajstić information content (AvgIpc) is 2.40. The average molecular weight is 293 g/mol. The van der Waals surface area contributed by atoms with Crippen molar-refractivity contribution in [1.82, 2.24) is 10.6 Å². The van der Waals surface area contributed by atoms with E-state index in [0.717, 1.165) is 0 Å². The summed E-state index contributed by atoms with van der Waals surface area (Å²) < 4.78 is 5.48. The van der Waals surface area contributed by atoms with Crippen LogP contribution in [0.4, 0.5) is 10.5 Å². The number of carbonyl (C=O) groups is 2. The molecule has 0 saturated carbocycles. The Morgan fingerprint density at radius 2 is 1.86 bits per heavy atom. The number of imide groups is 1. The molecule has 0 spiro atoms. The van der Waals surface area contributed by atoms with Crippen molar-refractivity contribution in [2.24, 2.45) is 0 Å². The molecule has 0 fully saturated rings. The van der Waals surface area contributed by atoms with E-state index < -0.39 is 18.0 Å². The minimum atomic E-state index is -0.565. The molecule has 1 rings (SSSR count). The Kier molecular flexibility index (Phi) is 6.52. The van der Waals surface area contributed by atoms with Crippen molar-refractivity contribution in [2.45, 2.75) is 39.8 Å². The van der Waals surface area contributed by atoms with Gasteiger partial charge < -0.3 is 15.4 Å². The van der Waals surface area contributed by atoms with Crippen molar-refractivity contribution >= 4 is 17.6 Å². The number of ether oxygens (including phenoxy) is 1. The zero-order valence-electron chi connectivity index (χ0n) is 12.9. The third kappa shape index (κ3) is 5.72. The van der Waals surface area contributed by atoms with Crippen LogP contribution in [0.15, 0.2) is 24.3 Å². The standard InChI is InChI=1S/C15H23N3O3/c1-5-21-13-9-7-6-8-12(13)17-11(4)14(19)18-15(20)16-10(2)3/h6-11,17H,5H2,1-4H3,(H2,16,18,19,20). The van der Waals surface area contributed by atoms with Gasteiger partial charge >= 0.3 is 6.03 Å². The fourth-order valence-corrected chi connectivity index (χ4v) is 1.68. The maximum atomic E-state index is 11.9. The van der Waals surface area contributed by atoms with Crippen LogP contribution in [0.2, 0.25) is 0 Å². The quantitative estimate of drug-likeness (QED) is 0.750.